The number of aromatic nitrogens is 2. The maximum Gasteiger partial charge on any atom is 0.225 e. The average Bonchev–Trinajstić information content (AvgIpc) is 3.15. The Morgan fingerprint density at radius 2 is 2.23 bits per heavy atom. The van der Waals surface area contributed by atoms with E-state index in [1.54, 1.807) is 23.1 Å². The van der Waals surface area contributed by atoms with Gasteiger partial charge in [0, 0.05) is 29.6 Å². The summed E-state index contributed by atoms with van der Waals surface area (Å²) in [6, 6.07) is 4.22. The van der Waals surface area contributed by atoms with Crippen molar-refractivity contribution in [2.45, 2.75) is 11.0 Å². The van der Waals surface area contributed by atoms with E-state index in [0.29, 0.717) is 11.9 Å². The highest BCUT2D eigenvalue weighted by atomic mass is 32.2. The second-order valence-electron chi connectivity index (χ2n) is 5.63. The van der Waals surface area contributed by atoms with E-state index in [9.17, 15) is 4.39 Å². The summed E-state index contributed by atoms with van der Waals surface area (Å²) < 4.78 is 13.0. The molecule has 0 spiro atoms. The molecule has 3 N–H and O–H groups in total. The number of hydrogen-bond acceptors (Lipinski definition) is 7. The van der Waals surface area contributed by atoms with Gasteiger partial charge in [-0.3, -0.25) is 5.32 Å². The maximum absolute atomic E-state index is 13.0. The molecule has 5 nitrogen and oxygen atoms in total. The van der Waals surface area contributed by atoms with Crippen molar-refractivity contribution < 1.29 is 4.39 Å². The fraction of sp³-hybridized carbons (Fsp3) is 0.429. The van der Waals surface area contributed by atoms with Gasteiger partial charge in [0.2, 0.25) is 5.95 Å². The van der Waals surface area contributed by atoms with E-state index < -0.39 is 5.82 Å². The number of nitrogens with one attached hydrogen (secondary N) is 1. The fourth-order valence-corrected chi connectivity index (χ4v) is 5.38. The Balaban J connectivity index is 1.69. The van der Waals surface area contributed by atoms with Crippen molar-refractivity contribution in [3.63, 3.8) is 0 Å². The van der Waals surface area contributed by atoms with Crippen molar-refractivity contribution in [1.82, 2.24) is 15.3 Å². The Morgan fingerprint density at radius 1 is 1.41 bits per heavy atom. The summed E-state index contributed by atoms with van der Waals surface area (Å²) in [5.41, 5.74) is 5.90. The highest BCUT2D eigenvalue weighted by Crippen LogP contribution is 2.45. The first-order valence-electron chi connectivity index (χ1n) is 7.09. The molecule has 2 saturated heterocycles. The maximum atomic E-state index is 13.0. The second-order valence-corrected chi connectivity index (χ2v) is 7.75. The Kier molecular flexibility index (Phi) is 3.56. The molecule has 3 atom stereocenters. The van der Waals surface area contributed by atoms with Crippen molar-refractivity contribution in [2.75, 3.05) is 23.7 Å². The van der Waals surface area contributed by atoms with Gasteiger partial charge < -0.3 is 10.6 Å². The standard InChI is InChI=1S/C14H16FN5S2/c15-10-4-17-13(18-5-10)20-6-9-7-22-12(16)19-14(9,8-20)11-2-1-3-21-11/h1-5,9,12,19H,6-8,16H2/t9-,12?,14-/m0/s1. The molecule has 2 fully saturated rings. The first kappa shape index (κ1) is 14.4. The second kappa shape index (κ2) is 5.45. The molecule has 8 heteroatoms. The Labute approximate surface area is 136 Å². The van der Waals surface area contributed by atoms with E-state index in [0.717, 1.165) is 18.8 Å². The lowest BCUT2D eigenvalue weighted by molar-refractivity contribution is 0.280. The molecule has 4 rings (SSSR count). The molecule has 22 heavy (non-hydrogen) atoms. The molecule has 2 aliphatic heterocycles. The largest absolute Gasteiger partial charge is 0.338 e. The lowest BCUT2D eigenvalue weighted by Crippen LogP contribution is -2.58. The van der Waals surface area contributed by atoms with Crippen LogP contribution in [0.3, 0.4) is 0 Å². The van der Waals surface area contributed by atoms with Crippen LogP contribution in [0.2, 0.25) is 0 Å². The molecule has 0 aliphatic carbocycles. The van der Waals surface area contributed by atoms with E-state index in [1.807, 2.05) is 0 Å². The van der Waals surface area contributed by atoms with Crippen LogP contribution >= 0.6 is 23.1 Å². The van der Waals surface area contributed by atoms with Crippen molar-refractivity contribution in [1.29, 1.82) is 0 Å². The number of fused-ring (bicyclic) bond motifs is 1. The van der Waals surface area contributed by atoms with Crippen LogP contribution in [0.15, 0.2) is 29.9 Å². The van der Waals surface area contributed by atoms with Crippen molar-refractivity contribution in [2.24, 2.45) is 11.7 Å². The Morgan fingerprint density at radius 3 is 2.95 bits per heavy atom. The van der Waals surface area contributed by atoms with Gasteiger partial charge in [-0.25, -0.2) is 14.4 Å². The molecule has 0 amide bonds. The van der Waals surface area contributed by atoms with E-state index in [1.165, 1.54) is 17.3 Å². The summed E-state index contributed by atoms with van der Waals surface area (Å²) in [4.78, 5) is 11.7. The zero-order chi connectivity index (χ0) is 15.2. The highest BCUT2D eigenvalue weighted by Gasteiger charge is 2.52. The molecule has 4 heterocycles. The molecule has 0 aromatic carbocycles. The summed E-state index contributed by atoms with van der Waals surface area (Å²) in [5, 5.41) is 5.68. The third kappa shape index (κ3) is 2.30. The average molecular weight is 337 g/mol. The third-order valence-corrected chi connectivity index (χ3v) is 6.42. The zero-order valence-electron chi connectivity index (χ0n) is 11.8. The van der Waals surface area contributed by atoms with Crippen molar-refractivity contribution >= 4 is 29.0 Å². The van der Waals surface area contributed by atoms with Crippen LogP contribution < -0.4 is 16.0 Å². The monoisotopic (exact) mass is 337 g/mol. The minimum absolute atomic E-state index is 0.0764. The number of hydrogen-bond donors (Lipinski definition) is 2. The van der Waals surface area contributed by atoms with Crippen LogP contribution in [0, 0.1) is 11.7 Å². The minimum Gasteiger partial charge on any atom is -0.338 e. The van der Waals surface area contributed by atoms with Gasteiger partial charge in [-0.05, 0) is 11.4 Å². The predicted molar refractivity (Wildman–Crippen MR) is 87.3 cm³/mol. The summed E-state index contributed by atoms with van der Waals surface area (Å²) in [7, 11) is 0. The van der Waals surface area contributed by atoms with E-state index in [-0.39, 0.29) is 11.0 Å². The van der Waals surface area contributed by atoms with Crippen LogP contribution in [0.5, 0.6) is 0 Å². The lowest BCUT2D eigenvalue weighted by atomic mass is 9.86. The molecule has 0 bridgehead atoms. The van der Waals surface area contributed by atoms with Crippen LogP contribution in [0.25, 0.3) is 0 Å². The molecule has 0 radical (unpaired) electrons. The molecule has 2 aliphatic rings. The number of halogens is 1. The van der Waals surface area contributed by atoms with E-state index in [2.05, 4.69) is 37.7 Å². The van der Waals surface area contributed by atoms with Crippen molar-refractivity contribution in [3.05, 3.63) is 40.6 Å². The number of rotatable bonds is 2. The number of anilines is 1. The smallest absolute Gasteiger partial charge is 0.225 e. The number of nitrogens with two attached hydrogens (primary N) is 1. The van der Waals surface area contributed by atoms with Crippen LogP contribution in [-0.2, 0) is 5.54 Å². The predicted octanol–water partition coefficient (Wildman–Crippen LogP) is 1.59. The summed E-state index contributed by atoms with van der Waals surface area (Å²) in [6.45, 7) is 1.59. The first-order valence-corrected chi connectivity index (χ1v) is 9.01. The van der Waals surface area contributed by atoms with E-state index >= 15 is 0 Å². The van der Waals surface area contributed by atoms with Gasteiger partial charge in [0.15, 0.2) is 5.82 Å². The Bertz CT molecular complexity index is 650. The summed E-state index contributed by atoms with van der Waals surface area (Å²) in [5.74, 6) is 1.57. The minimum atomic E-state index is -0.413. The lowest BCUT2D eigenvalue weighted by Gasteiger charge is -2.41. The van der Waals surface area contributed by atoms with Gasteiger partial charge in [0.1, 0.15) is 5.50 Å². The molecule has 116 valence electrons. The molecule has 0 saturated carbocycles. The number of thiophene rings is 1. The molecule has 2 aromatic heterocycles. The molecule has 2 aromatic rings. The topological polar surface area (TPSA) is 67.1 Å². The summed E-state index contributed by atoms with van der Waals surface area (Å²) in [6.07, 6.45) is 2.44. The molecular formula is C14H16FN5S2. The fourth-order valence-electron chi connectivity index (χ4n) is 3.29. The molecule has 1 unspecified atom stereocenters. The summed E-state index contributed by atoms with van der Waals surface area (Å²) >= 11 is 3.48. The van der Waals surface area contributed by atoms with E-state index in [4.69, 9.17) is 5.73 Å². The number of thioether (sulfide) groups is 1. The third-order valence-electron chi connectivity index (χ3n) is 4.31. The van der Waals surface area contributed by atoms with Gasteiger partial charge >= 0.3 is 0 Å². The first-order chi connectivity index (χ1) is 10.7. The van der Waals surface area contributed by atoms with Gasteiger partial charge in [-0.15, -0.1) is 23.1 Å². The van der Waals surface area contributed by atoms with Crippen LogP contribution in [-0.4, -0.2) is 34.3 Å². The van der Waals surface area contributed by atoms with Gasteiger partial charge in [0.25, 0.3) is 0 Å². The van der Waals surface area contributed by atoms with Gasteiger partial charge in [-0.1, -0.05) is 6.07 Å². The van der Waals surface area contributed by atoms with Crippen molar-refractivity contribution in [3.8, 4) is 0 Å². The highest BCUT2D eigenvalue weighted by molar-refractivity contribution is 7.99. The van der Waals surface area contributed by atoms with Gasteiger partial charge in [0.05, 0.1) is 17.9 Å². The number of nitrogens with zero attached hydrogens (tertiary/aromatic N) is 3. The van der Waals surface area contributed by atoms with Crippen LogP contribution in [0.4, 0.5) is 10.3 Å². The SMILES string of the molecule is NC1N[C@@]2(c3cccs3)CN(c3ncc(F)cn3)C[C@H]2CS1. The normalized spacial score (nSPS) is 31.3. The quantitative estimate of drug-likeness (QED) is 0.867. The van der Waals surface area contributed by atoms with Crippen LogP contribution in [0.1, 0.15) is 4.88 Å². The Hall–Kier alpha value is -1.22. The molecular weight excluding hydrogens is 321 g/mol. The zero-order valence-corrected chi connectivity index (χ0v) is 13.4. The van der Waals surface area contributed by atoms with Gasteiger partial charge in [-0.2, -0.15) is 0 Å².